The van der Waals surface area contributed by atoms with E-state index in [2.05, 4.69) is 148 Å². The van der Waals surface area contributed by atoms with Crippen molar-refractivity contribution in [2.24, 2.45) is 10.2 Å². The Hall–Kier alpha value is -4.10. The second kappa shape index (κ2) is 15.0. The molecule has 12 heteroatoms. The molecule has 256 valence electrons. The van der Waals surface area contributed by atoms with Crippen LogP contribution in [0.2, 0.25) is 0 Å². The van der Waals surface area contributed by atoms with Gasteiger partial charge in [0.25, 0.3) is 0 Å². The molecule has 50 heavy (non-hydrogen) atoms. The van der Waals surface area contributed by atoms with E-state index in [1.807, 2.05) is 24.3 Å². The number of hydrogen-bond donors (Lipinski definition) is 0. The van der Waals surface area contributed by atoms with Gasteiger partial charge < -0.3 is 0 Å². The molecule has 0 saturated heterocycles. The summed E-state index contributed by atoms with van der Waals surface area (Å²) in [5.74, 6) is 0. The Balaban J connectivity index is 1.18. The molecule has 0 radical (unpaired) electrons. The third kappa shape index (κ3) is 7.94. The lowest BCUT2D eigenvalue weighted by molar-refractivity contribution is -0.466. The van der Waals surface area contributed by atoms with Gasteiger partial charge in [0.1, 0.15) is 10.0 Å². The highest BCUT2D eigenvalue weighted by Gasteiger charge is 2.20. The predicted molar refractivity (Wildman–Crippen MR) is 217 cm³/mol. The highest BCUT2D eigenvalue weighted by Crippen LogP contribution is 2.39. The summed E-state index contributed by atoms with van der Waals surface area (Å²) < 4.78 is 6.65. The number of fused-ring (bicyclic) bond motifs is 2. The predicted octanol–water partition coefficient (Wildman–Crippen LogP) is 9.84. The van der Waals surface area contributed by atoms with E-state index < -0.39 is 0 Å². The summed E-state index contributed by atoms with van der Waals surface area (Å²) >= 11 is 6.93. The third-order valence-corrected chi connectivity index (χ3v) is 12.6. The molecule has 6 aromatic rings. The maximum atomic E-state index is 5.08. The van der Waals surface area contributed by atoms with Crippen LogP contribution in [0.5, 0.6) is 0 Å². The summed E-state index contributed by atoms with van der Waals surface area (Å²) in [6, 6.07) is 25.2. The number of rotatable bonds is 6. The molecule has 8 nitrogen and oxygen atoms in total. The SMILES string of the molecule is Cc1cc(SC(N(C)C)=[N+](C)C)c2nc(-c3ccc(N=Nc4ccc(-c5nc6c(SC(N(C)C)=[N+](C)C)cc(C)cc6s5)cc4)cc3)sc2c1. The standard InChI is InChI=1S/C38H42N8S4/c1-23-19-29-33(31(21-23)49-37(43(3)4)44(5)6)39-35(47-29)25-11-15-27(16-12-25)41-42-28-17-13-26(14-18-28)36-40-34-30(48-36)20-24(2)22-32(34)50-38(45(7)8)46(9)10/h11-22H,1-10H3/q+2. The number of hydrogen-bond acceptors (Lipinski definition) is 8. The first-order valence-electron chi connectivity index (χ1n) is 16.1. The summed E-state index contributed by atoms with van der Waals surface area (Å²) in [7, 11) is 16.6. The third-order valence-electron chi connectivity index (χ3n) is 7.65. The minimum atomic E-state index is 0.792. The van der Waals surface area contributed by atoms with Crippen LogP contribution >= 0.6 is 46.2 Å². The lowest BCUT2D eigenvalue weighted by Crippen LogP contribution is -2.26. The molecule has 0 aliphatic heterocycles. The van der Waals surface area contributed by atoms with Crippen molar-refractivity contribution in [1.29, 1.82) is 0 Å². The molecule has 0 saturated carbocycles. The number of aromatic nitrogens is 2. The first kappa shape index (κ1) is 35.7. The van der Waals surface area contributed by atoms with Crippen LogP contribution in [-0.4, -0.2) is 95.6 Å². The average molecular weight is 739 g/mol. The van der Waals surface area contributed by atoms with E-state index in [1.54, 1.807) is 46.2 Å². The van der Waals surface area contributed by atoms with Crippen molar-refractivity contribution in [3.63, 3.8) is 0 Å². The summed E-state index contributed by atoms with van der Waals surface area (Å²) in [4.78, 5) is 16.8. The monoisotopic (exact) mass is 738 g/mol. The first-order valence-corrected chi connectivity index (χ1v) is 19.4. The Kier molecular flexibility index (Phi) is 10.7. The highest BCUT2D eigenvalue weighted by atomic mass is 32.2. The van der Waals surface area contributed by atoms with Gasteiger partial charge in [0.15, 0.2) is 0 Å². The smallest absolute Gasteiger partial charge is 0.261 e. The molecule has 0 atom stereocenters. The Morgan fingerprint density at radius 1 is 0.580 bits per heavy atom. The van der Waals surface area contributed by atoms with Crippen molar-refractivity contribution in [1.82, 2.24) is 19.8 Å². The Morgan fingerprint density at radius 2 is 0.940 bits per heavy atom. The quantitative estimate of drug-likeness (QED) is 0.0558. The van der Waals surface area contributed by atoms with Crippen molar-refractivity contribution in [2.45, 2.75) is 23.6 Å². The van der Waals surface area contributed by atoms with Crippen molar-refractivity contribution in [3.05, 3.63) is 83.9 Å². The zero-order chi connectivity index (χ0) is 35.7. The fourth-order valence-electron chi connectivity index (χ4n) is 5.48. The van der Waals surface area contributed by atoms with Crippen LogP contribution < -0.4 is 0 Å². The molecular weight excluding hydrogens is 697 g/mol. The minimum absolute atomic E-state index is 0.792. The van der Waals surface area contributed by atoms with E-state index in [4.69, 9.17) is 9.97 Å². The molecule has 0 fully saturated rings. The lowest BCUT2D eigenvalue weighted by Gasteiger charge is -2.11. The molecule has 0 aliphatic rings. The van der Waals surface area contributed by atoms with Gasteiger partial charge in [-0.15, -0.1) is 22.7 Å². The number of thioether (sulfide) groups is 2. The normalized spacial score (nSPS) is 11.5. The second-order valence-electron chi connectivity index (χ2n) is 12.9. The number of benzene rings is 4. The largest absolute Gasteiger partial charge is 0.312 e. The van der Waals surface area contributed by atoms with Crippen LogP contribution in [0.25, 0.3) is 41.6 Å². The zero-order valence-corrected chi connectivity index (χ0v) is 33.4. The second-order valence-corrected chi connectivity index (χ2v) is 17.0. The molecule has 2 heterocycles. The van der Waals surface area contributed by atoms with Crippen LogP contribution in [-0.2, 0) is 0 Å². The van der Waals surface area contributed by atoms with Gasteiger partial charge >= 0.3 is 10.3 Å². The summed E-state index contributed by atoms with van der Waals surface area (Å²) in [5, 5.41) is 13.4. The maximum absolute atomic E-state index is 5.08. The molecular formula is C38H42N8S4+2. The van der Waals surface area contributed by atoms with Crippen molar-refractivity contribution in [3.8, 4) is 21.1 Å². The van der Waals surface area contributed by atoms with Crippen molar-refractivity contribution in [2.75, 3.05) is 56.4 Å². The summed E-state index contributed by atoms with van der Waals surface area (Å²) in [6.07, 6.45) is 0. The zero-order valence-electron chi connectivity index (χ0n) is 30.1. The molecule has 0 N–H and O–H groups in total. The maximum Gasteiger partial charge on any atom is 0.312 e. The molecule has 4 aromatic carbocycles. The van der Waals surface area contributed by atoms with Gasteiger partial charge in [-0.2, -0.15) is 10.2 Å². The van der Waals surface area contributed by atoms with Gasteiger partial charge in [-0.1, -0.05) is 0 Å². The van der Waals surface area contributed by atoms with Crippen LogP contribution in [0.3, 0.4) is 0 Å². The first-order chi connectivity index (χ1) is 23.9. The van der Waals surface area contributed by atoms with Crippen molar-refractivity contribution < 1.29 is 9.15 Å². The Morgan fingerprint density at radius 3 is 1.26 bits per heavy atom. The van der Waals surface area contributed by atoms with Gasteiger partial charge in [-0.3, -0.25) is 19.0 Å². The van der Waals surface area contributed by atoms with Gasteiger partial charge in [0.05, 0.1) is 88.2 Å². The van der Waals surface area contributed by atoms with Gasteiger partial charge in [0.2, 0.25) is 0 Å². The Bertz CT molecular complexity index is 2110. The van der Waals surface area contributed by atoms with E-state index in [-0.39, 0.29) is 0 Å². The molecule has 6 rings (SSSR count). The highest BCUT2D eigenvalue weighted by molar-refractivity contribution is 8.14. The lowest BCUT2D eigenvalue weighted by atomic mass is 10.2. The van der Waals surface area contributed by atoms with Gasteiger partial charge in [-0.25, -0.2) is 9.97 Å². The van der Waals surface area contributed by atoms with Gasteiger partial charge in [0, 0.05) is 20.9 Å². The van der Waals surface area contributed by atoms with E-state index in [1.165, 1.54) is 20.5 Å². The van der Waals surface area contributed by atoms with Crippen molar-refractivity contribution >= 4 is 88.3 Å². The topological polar surface area (TPSA) is 63.0 Å². The molecule has 0 amide bonds. The van der Waals surface area contributed by atoms with Crippen LogP contribution in [0, 0.1) is 13.8 Å². The molecule has 0 unspecified atom stereocenters. The van der Waals surface area contributed by atoms with E-state index >= 15 is 0 Å². The summed E-state index contributed by atoms with van der Waals surface area (Å²) in [6.45, 7) is 4.29. The molecule has 0 bridgehead atoms. The van der Waals surface area contributed by atoms with Crippen LogP contribution in [0.15, 0.2) is 92.8 Å². The fourth-order valence-corrected chi connectivity index (χ4v) is 9.92. The number of nitrogens with zero attached hydrogens (tertiary/aromatic N) is 8. The van der Waals surface area contributed by atoms with E-state index in [0.29, 0.717) is 0 Å². The Labute approximate surface area is 310 Å². The molecule has 0 spiro atoms. The van der Waals surface area contributed by atoms with E-state index in [0.717, 1.165) is 63.7 Å². The number of amidine groups is 2. The van der Waals surface area contributed by atoms with Crippen LogP contribution in [0.4, 0.5) is 11.4 Å². The molecule has 2 aromatic heterocycles. The number of thiazole rings is 2. The van der Waals surface area contributed by atoms with Crippen LogP contribution in [0.1, 0.15) is 11.1 Å². The van der Waals surface area contributed by atoms with Gasteiger partial charge in [-0.05, 0) is 121 Å². The number of azo groups is 1. The fraction of sp³-hybridized carbons (Fsp3) is 0.263. The summed E-state index contributed by atoms with van der Waals surface area (Å²) in [5.41, 5.74) is 8.25. The van der Waals surface area contributed by atoms with E-state index in [9.17, 15) is 0 Å². The molecule has 0 aliphatic carbocycles. The number of aryl methyl sites for hydroxylation is 2. The minimum Gasteiger partial charge on any atom is -0.261 e. The average Bonchev–Trinajstić information content (AvgIpc) is 3.69.